The molecule has 0 radical (unpaired) electrons. The molecule has 1 rings (SSSR count). The zero-order valence-corrected chi connectivity index (χ0v) is 13.8. The number of imide groups is 1. The summed E-state index contributed by atoms with van der Waals surface area (Å²) >= 11 is 0. The van der Waals surface area contributed by atoms with Crippen LogP contribution in [0.25, 0.3) is 0 Å². The van der Waals surface area contributed by atoms with Crippen LogP contribution in [0.5, 0.6) is 0 Å². The molecule has 2 amide bonds. The van der Waals surface area contributed by atoms with Gasteiger partial charge in [0.1, 0.15) is 0 Å². The van der Waals surface area contributed by atoms with Gasteiger partial charge in [-0.3, -0.25) is 14.5 Å². The van der Waals surface area contributed by atoms with Gasteiger partial charge in [0.25, 0.3) is 0 Å². The first-order valence-corrected chi connectivity index (χ1v) is 8.05. The minimum absolute atomic E-state index is 0.00437. The number of carbonyl (C=O) groups is 2. The maximum absolute atomic E-state index is 12.7. The van der Waals surface area contributed by atoms with Gasteiger partial charge in [-0.1, -0.05) is 39.5 Å². The maximum atomic E-state index is 12.7. The van der Waals surface area contributed by atoms with E-state index >= 15 is 0 Å². The molecule has 0 saturated heterocycles. The number of hydrogen-bond acceptors (Lipinski definition) is 2. The lowest BCUT2D eigenvalue weighted by Crippen LogP contribution is -2.48. The number of amides is 2. The first-order chi connectivity index (χ1) is 9.27. The quantitative estimate of drug-likeness (QED) is 0.717. The van der Waals surface area contributed by atoms with E-state index in [2.05, 4.69) is 13.8 Å². The summed E-state index contributed by atoms with van der Waals surface area (Å²) in [7, 11) is 0. The smallest absolute Gasteiger partial charge is 0.232 e. The van der Waals surface area contributed by atoms with Gasteiger partial charge in [-0.15, -0.1) is 0 Å². The average Bonchev–Trinajstić information content (AvgIpc) is 2.41. The SMILES string of the molecule is CC1CCCCC(C(=O)N(C=O)C(C)(C)C)C(C)CC1. The lowest BCUT2D eigenvalue weighted by molar-refractivity contribution is -0.148. The van der Waals surface area contributed by atoms with Crippen LogP contribution in [-0.4, -0.2) is 22.8 Å². The minimum Gasteiger partial charge on any atom is -0.280 e. The number of nitrogens with zero attached hydrogens (tertiary/aromatic N) is 1. The van der Waals surface area contributed by atoms with Crippen molar-refractivity contribution in [1.82, 2.24) is 4.90 Å². The van der Waals surface area contributed by atoms with E-state index in [-0.39, 0.29) is 11.8 Å². The predicted molar refractivity (Wildman–Crippen MR) is 82.2 cm³/mol. The van der Waals surface area contributed by atoms with Crippen LogP contribution in [0.1, 0.15) is 73.1 Å². The monoisotopic (exact) mass is 281 g/mol. The first kappa shape index (κ1) is 17.2. The zero-order valence-electron chi connectivity index (χ0n) is 13.8. The third-order valence-electron chi connectivity index (χ3n) is 4.65. The van der Waals surface area contributed by atoms with Crippen molar-refractivity contribution in [2.24, 2.45) is 17.8 Å². The van der Waals surface area contributed by atoms with Gasteiger partial charge < -0.3 is 0 Å². The Hall–Kier alpha value is -0.860. The molecule has 3 nitrogen and oxygen atoms in total. The standard InChI is InChI=1S/C17H31NO2/c1-13-8-6-7-9-15(14(2)11-10-13)16(20)18(12-19)17(3,4)5/h12-15H,6-11H2,1-5H3. The molecular formula is C17H31NO2. The second-order valence-electron chi connectivity index (χ2n) is 7.54. The average molecular weight is 281 g/mol. The van der Waals surface area contributed by atoms with E-state index in [0.717, 1.165) is 25.2 Å². The summed E-state index contributed by atoms with van der Waals surface area (Å²) in [6.45, 7) is 10.2. The second-order valence-corrected chi connectivity index (χ2v) is 7.54. The third kappa shape index (κ3) is 4.60. The fraction of sp³-hybridized carbons (Fsp3) is 0.882. The van der Waals surface area contributed by atoms with Gasteiger partial charge in [0.15, 0.2) is 0 Å². The van der Waals surface area contributed by atoms with Gasteiger partial charge in [0.05, 0.1) is 0 Å². The van der Waals surface area contributed by atoms with Gasteiger partial charge in [-0.2, -0.15) is 0 Å². The number of rotatable bonds is 2. The highest BCUT2D eigenvalue weighted by Crippen LogP contribution is 2.31. The van der Waals surface area contributed by atoms with Crippen LogP contribution in [0, 0.1) is 17.8 Å². The number of carbonyl (C=O) groups excluding carboxylic acids is 2. The molecule has 1 aliphatic rings. The Morgan fingerprint density at radius 2 is 1.65 bits per heavy atom. The summed E-state index contributed by atoms with van der Waals surface area (Å²) in [6, 6.07) is 0. The molecule has 20 heavy (non-hydrogen) atoms. The van der Waals surface area contributed by atoms with Crippen LogP contribution in [0.15, 0.2) is 0 Å². The zero-order chi connectivity index (χ0) is 15.3. The Kier molecular flexibility index (Phi) is 6.22. The van der Waals surface area contributed by atoms with E-state index in [4.69, 9.17) is 0 Å². The summed E-state index contributed by atoms with van der Waals surface area (Å²) < 4.78 is 0. The highest BCUT2D eigenvalue weighted by Gasteiger charge is 2.34. The topological polar surface area (TPSA) is 37.4 Å². The van der Waals surface area contributed by atoms with Gasteiger partial charge >= 0.3 is 0 Å². The van der Waals surface area contributed by atoms with Crippen molar-refractivity contribution in [3.05, 3.63) is 0 Å². The van der Waals surface area contributed by atoms with Gasteiger partial charge in [-0.25, -0.2) is 0 Å². The summed E-state index contributed by atoms with van der Waals surface area (Å²) in [5.41, 5.74) is -0.426. The summed E-state index contributed by atoms with van der Waals surface area (Å²) in [4.78, 5) is 25.5. The Morgan fingerprint density at radius 1 is 1.05 bits per heavy atom. The maximum Gasteiger partial charge on any atom is 0.232 e. The van der Waals surface area contributed by atoms with Gasteiger partial charge in [0.2, 0.25) is 12.3 Å². The molecular weight excluding hydrogens is 250 g/mol. The predicted octanol–water partition coefficient (Wildman–Crippen LogP) is 4.01. The Bertz CT molecular complexity index is 332. The highest BCUT2D eigenvalue weighted by molar-refractivity contribution is 5.89. The molecule has 3 heteroatoms. The molecule has 0 spiro atoms. The Labute approximate surface area is 124 Å². The van der Waals surface area contributed by atoms with Gasteiger partial charge in [0, 0.05) is 11.5 Å². The molecule has 1 saturated carbocycles. The third-order valence-corrected chi connectivity index (χ3v) is 4.65. The van der Waals surface area contributed by atoms with E-state index in [9.17, 15) is 9.59 Å². The molecule has 0 bridgehead atoms. The van der Waals surface area contributed by atoms with Crippen LogP contribution in [0.2, 0.25) is 0 Å². The van der Waals surface area contributed by atoms with Crippen LogP contribution in [0.4, 0.5) is 0 Å². The van der Waals surface area contributed by atoms with E-state index in [1.807, 2.05) is 20.8 Å². The molecule has 0 aromatic carbocycles. The van der Waals surface area contributed by atoms with Crippen molar-refractivity contribution in [3.8, 4) is 0 Å². The van der Waals surface area contributed by atoms with Crippen molar-refractivity contribution in [2.45, 2.75) is 78.7 Å². The van der Waals surface area contributed by atoms with E-state index in [1.165, 1.54) is 24.2 Å². The normalized spacial score (nSPS) is 28.9. The summed E-state index contributed by atoms with van der Waals surface area (Å²) in [5, 5.41) is 0. The molecule has 1 fully saturated rings. The van der Waals surface area contributed by atoms with E-state index in [0.29, 0.717) is 12.3 Å². The Balaban J connectivity index is 2.84. The summed E-state index contributed by atoms with van der Waals surface area (Å²) in [6.07, 6.45) is 7.49. The van der Waals surface area contributed by atoms with Crippen molar-refractivity contribution < 1.29 is 9.59 Å². The highest BCUT2D eigenvalue weighted by atomic mass is 16.2. The second kappa shape index (κ2) is 7.24. The van der Waals surface area contributed by atoms with Gasteiger partial charge in [-0.05, 0) is 45.4 Å². The number of hydrogen-bond donors (Lipinski definition) is 0. The molecule has 0 aliphatic heterocycles. The van der Waals surface area contributed by atoms with E-state index in [1.54, 1.807) is 0 Å². The van der Waals surface area contributed by atoms with E-state index < -0.39 is 5.54 Å². The molecule has 3 unspecified atom stereocenters. The largest absolute Gasteiger partial charge is 0.280 e. The minimum atomic E-state index is -0.426. The van der Waals surface area contributed by atoms with Crippen molar-refractivity contribution >= 4 is 12.3 Å². The Morgan fingerprint density at radius 3 is 2.20 bits per heavy atom. The van der Waals surface area contributed by atoms with Crippen LogP contribution >= 0.6 is 0 Å². The van der Waals surface area contributed by atoms with Crippen molar-refractivity contribution in [2.75, 3.05) is 0 Å². The lowest BCUT2D eigenvalue weighted by atomic mass is 9.84. The summed E-state index contributed by atoms with van der Waals surface area (Å²) in [5.74, 6) is 1.16. The molecule has 0 heterocycles. The lowest BCUT2D eigenvalue weighted by Gasteiger charge is -2.35. The molecule has 3 atom stereocenters. The van der Waals surface area contributed by atoms with Crippen LogP contribution in [0.3, 0.4) is 0 Å². The van der Waals surface area contributed by atoms with Crippen molar-refractivity contribution in [3.63, 3.8) is 0 Å². The molecule has 1 aliphatic carbocycles. The first-order valence-electron chi connectivity index (χ1n) is 8.05. The molecule has 0 N–H and O–H groups in total. The fourth-order valence-corrected chi connectivity index (χ4v) is 3.12. The molecule has 116 valence electrons. The van der Waals surface area contributed by atoms with Crippen molar-refractivity contribution in [1.29, 1.82) is 0 Å². The molecule has 0 aromatic heterocycles. The molecule has 0 aromatic rings. The fourth-order valence-electron chi connectivity index (χ4n) is 3.12. The van der Waals surface area contributed by atoms with Crippen LogP contribution in [-0.2, 0) is 9.59 Å². The van der Waals surface area contributed by atoms with Crippen LogP contribution < -0.4 is 0 Å².